The van der Waals surface area contributed by atoms with Crippen LogP contribution in [0, 0.1) is 0 Å². The lowest BCUT2D eigenvalue weighted by Gasteiger charge is -2.32. The molecule has 2 rings (SSSR count). The first kappa shape index (κ1) is 13.4. The molecule has 6 heteroatoms. The van der Waals surface area contributed by atoms with Gasteiger partial charge in [0.05, 0.1) is 7.11 Å². The van der Waals surface area contributed by atoms with Crippen LogP contribution in [0.2, 0.25) is 5.15 Å². The third kappa shape index (κ3) is 3.03. The molecule has 1 aliphatic heterocycles. The van der Waals surface area contributed by atoms with Gasteiger partial charge in [0, 0.05) is 12.6 Å². The highest BCUT2D eigenvalue weighted by atomic mass is 35.5. The fourth-order valence-corrected chi connectivity index (χ4v) is 2.49. The Labute approximate surface area is 113 Å². The van der Waals surface area contributed by atoms with Crippen molar-refractivity contribution < 1.29 is 4.74 Å². The van der Waals surface area contributed by atoms with Crippen LogP contribution < -0.4 is 10.1 Å². The Morgan fingerprint density at radius 1 is 1.50 bits per heavy atom. The summed E-state index contributed by atoms with van der Waals surface area (Å²) in [5, 5.41) is 3.64. The molecule has 0 spiro atoms. The van der Waals surface area contributed by atoms with Gasteiger partial charge in [0.25, 0.3) is 0 Å². The molecular formula is C12H19ClN4O. The maximum Gasteiger partial charge on any atom is 0.198 e. The Bertz CT molecular complexity index is 402. The molecule has 0 bridgehead atoms. The van der Waals surface area contributed by atoms with Crippen molar-refractivity contribution in [2.75, 3.05) is 32.6 Å². The summed E-state index contributed by atoms with van der Waals surface area (Å²) < 4.78 is 5.21. The van der Waals surface area contributed by atoms with Gasteiger partial charge in [-0.05, 0) is 26.4 Å². The zero-order valence-corrected chi connectivity index (χ0v) is 11.6. The predicted molar refractivity (Wildman–Crippen MR) is 72.4 cm³/mol. The molecule has 1 aromatic rings. The number of likely N-dealkylation sites (N-methyl/N-ethyl adjacent to an activating group) is 1. The quantitative estimate of drug-likeness (QED) is 0.849. The van der Waals surface area contributed by atoms with E-state index in [1.807, 2.05) is 0 Å². The van der Waals surface area contributed by atoms with E-state index < -0.39 is 0 Å². The summed E-state index contributed by atoms with van der Waals surface area (Å²) in [6.45, 7) is 2.01. The zero-order chi connectivity index (χ0) is 13.0. The predicted octanol–water partition coefficient (Wildman–Crippen LogP) is 2.03. The van der Waals surface area contributed by atoms with Gasteiger partial charge in [-0.1, -0.05) is 18.0 Å². The second-order valence-corrected chi connectivity index (χ2v) is 4.92. The molecule has 18 heavy (non-hydrogen) atoms. The van der Waals surface area contributed by atoms with Crippen molar-refractivity contribution in [3.05, 3.63) is 11.5 Å². The number of piperidine rings is 1. The second-order valence-electron chi connectivity index (χ2n) is 4.56. The highest BCUT2D eigenvalue weighted by molar-refractivity contribution is 6.31. The van der Waals surface area contributed by atoms with Crippen molar-refractivity contribution in [1.29, 1.82) is 0 Å². The molecule has 1 N–H and O–H groups in total. The van der Waals surface area contributed by atoms with Gasteiger partial charge in [-0.3, -0.25) is 0 Å². The number of likely N-dealkylation sites (tertiary alicyclic amines) is 1. The summed E-state index contributed by atoms with van der Waals surface area (Å²) in [6, 6.07) is 0.539. The minimum absolute atomic E-state index is 0.340. The number of rotatable bonds is 4. The van der Waals surface area contributed by atoms with Crippen LogP contribution in [0.1, 0.15) is 19.3 Å². The number of nitrogens with zero attached hydrogens (tertiary/aromatic N) is 3. The summed E-state index contributed by atoms with van der Waals surface area (Å²) >= 11 is 5.95. The lowest BCUT2D eigenvalue weighted by molar-refractivity contribution is 0.194. The van der Waals surface area contributed by atoms with E-state index >= 15 is 0 Å². The molecule has 2 heterocycles. The third-order valence-electron chi connectivity index (χ3n) is 3.39. The first-order chi connectivity index (χ1) is 8.72. The molecule has 1 unspecified atom stereocenters. The van der Waals surface area contributed by atoms with Gasteiger partial charge in [0.1, 0.15) is 6.33 Å². The Kier molecular flexibility index (Phi) is 4.60. The molecule has 0 amide bonds. The van der Waals surface area contributed by atoms with Crippen molar-refractivity contribution in [2.45, 2.75) is 25.3 Å². The highest BCUT2D eigenvalue weighted by Gasteiger charge is 2.19. The second kappa shape index (κ2) is 6.20. The monoisotopic (exact) mass is 270 g/mol. The number of hydrogen-bond donors (Lipinski definition) is 1. The van der Waals surface area contributed by atoms with E-state index in [1.165, 1.54) is 25.6 Å². The van der Waals surface area contributed by atoms with Crippen LogP contribution in [-0.4, -0.2) is 48.2 Å². The minimum Gasteiger partial charge on any atom is -0.490 e. The number of hydrogen-bond acceptors (Lipinski definition) is 5. The smallest absolute Gasteiger partial charge is 0.198 e. The molecule has 0 saturated carbocycles. The number of aromatic nitrogens is 2. The number of methoxy groups -OCH3 is 1. The lowest BCUT2D eigenvalue weighted by Crippen LogP contribution is -2.40. The fourth-order valence-electron chi connectivity index (χ4n) is 2.28. The molecule has 0 radical (unpaired) electrons. The maximum absolute atomic E-state index is 5.95. The zero-order valence-electron chi connectivity index (χ0n) is 10.8. The molecule has 1 atom stereocenters. The Hall–Kier alpha value is -1.07. The van der Waals surface area contributed by atoms with Crippen LogP contribution in [0.4, 0.5) is 5.82 Å². The SMILES string of the molecule is COc1c(Cl)ncnc1NCC1CCCCN1C. The topological polar surface area (TPSA) is 50.3 Å². The number of anilines is 1. The summed E-state index contributed by atoms with van der Waals surface area (Å²) in [5.74, 6) is 1.18. The van der Waals surface area contributed by atoms with E-state index in [0.29, 0.717) is 22.8 Å². The van der Waals surface area contributed by atoms with E-state index in [9.17, 15) is 0 Å². The van der Waals surface area contributed by atoms with Crippen molar-refractivity contribution in [2.24, 2.45) is 0 Å². The van der Waals surface area contributed by atoms with Crippen molar-refractivity contribution in [3.8, 4) is 5.75 Å². The highest BCUT2D eigenvalue weighted by Crippen LogP contribution is 2.28. The molecule has 0 aliphatic carbocycles. The van der Waals surface area contributed by atoms with Crippen molar-refractivity contribution in [1.82, 2.24) is 14.9 Å². The molecule has 100 valence electrons. The van der Waals surface area contributed by atoms with Gasteiger partial charge in [0.15, 0.2) is 16.7 Å². The largest absolute Gasteiger partial charge is 0.490 e. The van der Waals surface area contributed by atoms with E-state index in [2.05, 4.69) is 27.2 Å². The van der Waals surface area contributed by atoms with Crippen LogP contribution in [0.3, 0.4) is 0 Å². The Balaban J connectivity index is 1.99. The molecule has 1 aliphatic rings. The molecule has 1 fully saturated rings. The van der Waals surface area contributed by atoms with Crippen LogP contribution in [-0.2, 0) is 0 Å². The fraction of sp³-hybridized carbons (Fsp3) is 0.667. The van der Waals surface area contributed by atoms with Gasteiger partial charge in [0.2, 0.25) is 0 Å². The first-order valence-corrected chi connectivity index (χ1v) is 6.58. The number of nitrogens with one attached hydrogen (secondary N) is 1. The van der Waals surface area contributed by atoms with Crippen LogP contribution in [0.15, 0.2) is 6.33 Å². The maximum atomic E-state index is 5.95. The van der Waals surface area contributed by atoms with Gasteiger partial charge >= 0.3 is 0 Å². The van der Waals surface area contributed by atoms with Crippen LogP contribution in [0.5, 0.6) is 5.75 Å². The minimum atomic E-state index is 0.340. The Morgan fingerprint density at radius 3 is 3.06 bits per heavy atom. The summed E-state index contributed by atoms with van der Waals surface area (Å²) in [7, 11) is 3.73. The van der Waals surface area contributed by atoms with Gasteiger partial charge < -0.3 is 15.0 Å². The average Bonchev–Trinajstić information content (AvgIpc) is 2.38. The van der Waals surface area contributed by atoms with Crippen LogP contribution in [0.25, 0.3) is 0 Å². The first-order valence-electron chi connectivity index (χ1n) is 6.21. The molecule has 1 aromatic heterocycles. The average molecular weight is 271 g/mol. The molecule has 1 saturated heterocycles. The van der Waals surface area contributed by atoms with Gasteiger partial charge in [-0.2, -0.15) is 0 Å². The van der Waals surface area contributed by atoms with Crippen molar-refractivity contribution in [3.63, 3.8) is 0 Å². The van der Waals surface area contributed by atoms with Gasteiger partial charge in [-0.25, -0.2) is 9.97 Å². The Morgan fingerprint density at radius 2 is 2.33 bits per heavy atom. The lowest BCUT2D eigenvalue weighted by atomic mass is 10.0. The van der Waals surface area contributed by atoms with Crippen molar-refractivity contribution >= 4 is 17.4 Å². The normalized spacial score (nSPS) is 20.7. The summed E-state index contributed by atoms with van der Waals surface area (Å²) in [6.07, 6.45) is 5.23. The van der Waals surface area contributed by atoms with E-state index in [4.69, 9.17) is 16.3 Å². The number of halogens is 1. The van der Waals surface area contributed by atoms with E-state index in [1.54, 1.807) is 7.11 Å². The molecular weight excluding hydrogens is 252 g/mol. The van der Waals surface area contributed by atoms with E-state index in [0.717, 1.165) is 13.1 Å². The van der Waals surface area contributed by atoms with Crippen LogP contribution >= 0.6 is 11.6 Å². The summed E-state index contributed by atoms with van der Waals surface area (Å²) in [5.41, 5.74) is 0. The standard InChI is InChI=1S/C12H19ClN4O/c1-17-6-4-3-5-9(17)7-14-12-10(18-2)11(13)15-8-16-12/h8-9H,3-7H2,1-2H3,(H,14,15,16). The third-order valence-corrected chi connectivity index (χ3v) is 3.66. The van der Waals surface area contributed by atoms with E-state index in [-0.39, 0.29) is 0 Å². The number of ether oxygens (including phenoxy) is 1. The molecule has 5 nitrogen and oxygen atoms in total. The molecule has 0 aromatic carbocycles. The summed E-state index contributed by atoms with van der Waals surface area (Å²) in [4.78, 5) is 10.4. The van der Waals surface area contributed by atoms with Gasteiger partial charge in [-0.15, -0.1) is 0 Å².